The van der Waals surface area contributed by atoms with Crippen molar-refractivity contribution < 1.29 is 18.2 Å². The fourth-order valence-electron chi connectivity index (χ4n) is 2.73. The summed E-state index contributed by atoms with van der Waals surface area (Å²) in [7, 11) is 0. The van der Waals surface area contributed by atoms with E-state index in [0.717, 1.165) is 34.9 Å². The molecule has 0 radical (unpaired) electrons. The Morgan fingerprint density at radius 1 is 1.24 bits per heavy atom. The van der Waals surface area contributed by atoms with Gasteiger partial charge in [-0.15, -0.1) is 16.9 Å². The predicted octanol–water partition coefficient (Wildman–Crippen LogP) is 2.88. The molecule has 0 fully saturated rings. The Labute approximate surface area is 189 Å². The molecular weight excluding hydrogens is 454 g/mol. The molecule has 0 aliphatic carbocycles. The number of benzene rings is 2. The highest BCUT2D eigenvalue weighted by atomic mass is 32.2. The maximum absolute atomic E-state index is 13.7. The SMILES string of the molecule is Cc1ccc(SCc2c(C(=O)NN=Cc3cc(F)ccc3F)nnn2-c2nonc2N)cc1. The molecule has 3 N–H and O–H groups in total. The molecule has 33 heavy (non-hydrogen) atoms. The number of hydrogen-bond donors (Lipinski definition) is 2. The third-order valence-corrected chi connectivity index (χ3v) is 5.42. The van der Waals surface area contributed by atoms with E-state index < -0.39 is 17.5 Å². The van der Waals surface area contributed by atoms with E-state index >= 15 is 0 Å². The smallest absolute Gasteiger partial charge is 0.293 e. The molecule has 13 heteroatoms. The number of thioether (sulfide) groups is 1. The average molecular weight is 470 g/mol. The molecule has 4 aromatic rings. The lowest BCUT2D eigenvalue weighted by Gasteiger charge is -2.06. The Morgan fingerprint density at radius 2 is 2.03 bits per heavy atom. The van der Waals surface area contributed by atoms with Gasteiger partial charge < -0.3 is 5.73 Å². The number of nitrogens with one attached hydrogen (secondary N) is 1. The molecule has 0 bridgehead atoms. The highest BCUT2D eigenvalue weighted by molar-refractivity contribution is 7.98. The standard InChI is InChI=1S/C20H16F2N8O2S/c1-11-2-5-14(6-3-11)33-10-16-17(25-29-30(16)19-18(23)27-32-28-19)20(31)26-24-9-12-8-13(21)4-7-15(12)22/h2-9H,10H2,1H3,(H2,23,27)(H,26,31). The Bertz CT molecular complexity index is 1320. The fraction of sp³-hybridized carbons (Fsp3) is 0.100. The van der Waals surface area contributed by atoms with Crippen LogP contribution in [0.1, 0.15) is 27.3 Å². The number of nitrogens with two attached hydrogens (primary N) is 1. The minimum atomic E-state index is -0.719. The highest BCUT2D eigenvalue weighted by Gasteiger charge is 2.24. The number of hydrazone groups is 1. The topological polar surface area (TPSA) is 137 Å². The van der Waals surface area contributed by atoms with Crippen LogP contribution in [0.2, 0.25) is 0 Å². The molecule has 0 aliphatic heterocycles. The van der Waals surface area contributed by atoms with E-state index in [2.05, 4.69) is 35.8 Å². The van der Waals surface area contributed by atoms with E-state index in [-0.39, 0.29) is 28.6 Å². The van der Waals surface area contributed by atoms with Crippen molar-refractivity contribution >= 4 is 29.7 Å². The summed E-state index contributed by atoms with van der Waals surface area (Å²) >= 11 is 1.43. The third kappa shape index (κ3) is 5.03. The number of nitrogen functional groups attached to an aromatic ring is 1. The number of aromatic nitrogens is 5. The molecule has 0 atom stereocenters. The van der Waals surface area contributed by atoms with Gasteiger partial charge in [-0.05, 0) is 47.6 Å². The van der Waals surface area contributed by atoms with Gasteiger partial charge in [0.25, 0.3) is 5.91 Å². The molecule has 2 heterocycles. The number of halogens is 2. The molecule has 2 aromatic heterocycles. The van der Waals surface area contributed by atoms with Crippen molar-refractivity contribution in [1.29, 1.82) is 0 Å². The summed E-state index contributed by atoms with van der Waals surface area (Å²) in [6, 6.07) is 10.7. The molecular formula is C20H16F2N8O2S. The lowest BCUT2D eigenvalue weighted by atomic mass is 10.2. The van der Waals surface area contributed by atoms with Crippen LogP contribution in [-0.2, 0) is 5.75 Å². The number of carbonyl (C=O) groups is 1. The summed E-state index contributed by atoms with van der Waals surface area (Å²) in [5.74, 6) is -1.73. The number of amides is 1. The zero-order valence-electron chi connectivity index (χ0n) is 17.1. The molecule has 168 valence electrons. The monoisotopic (exact) mass is 470 g/mol. The first kappa shape index (κ1) is 22.1. The number of aryl methyl sites for hydroxylation is 1. The predicted molar refractivity (Wildman–Crippen MR) is 116 cm³/mol. The van der Waals surface area contributed by atoms with Gasteiger partial charge in [0.1, 0.15) is 11.6 Å². The van der Waals surface area contributed by atoms with E-state index in [9.17, 15) is 13.6 Å². The van der Waals surface area contributed by atoms with E-state index in [1.54, 1.807) is 0 Å². The highest BCUT2D eigenvalue weighted by Crippen LogP contribution is 2.26. The van der Waals surface area contributed by atoms with Crippen molar-refractivity contribution in [1.82, 2.24) is 30.7 Å². The lowest BCUT2D eigenvalue weighted by molar-refractivity contribution is 0.0949. The first-order valence-electron chi connectivity index (χ1n) is 9.43. The van der Waals surface area contributed by atoms with Gasteiger partial charge in [0.2, 0.25) is 11.6 Å². The Balaban J connectivity index is 1.58. The second-order valence-corrected chi connectivity index (χ2v) is 7.79. The Morgan fingerprint density at radius 3 is 2.76 bits per heavy atom. The van der Waals surface area contributed by atoms with Gasteiger partial charge in [-0.2, -0.15) is 9.78 Å². The van der Waals surface area contributed by atoms with Gasteiger partial charge in [0, 0.05) is 16.2 Å². The molecule has 2 aromatic carbocycles. The van der Waals surface area contributed by atoms with Crippen LogP contribution in [0.25, 0.3) is 5.82 Å². The minimum absolute atomic E-state index is 0.0342. The summed E-state index contributed by atoms with van der Waals surface area (Å²) in [4.78, 5) is 13.7. The normalized spacial score (nSPS) is 11.2. The first-order valence-corrected chi connectivity index (χ1v) is 10.4. The largest absolute Gasteiger partial charge is 0.378 e. The molecule has 0 unspecified atom stereocenters. The summed E-state index contributed by atoms with van der Waals surface area (Å²) < 4.78 is 32.9. The third-order valence-electron chi connectivity index (χ3n) is 4.40. The van der Waals surface area contributed by atoms with E-state index in [1.807, 2.05) is 31.2 Å². The van der Waals surface area contributed by atoms with Crippen molar-refractivity contribution in [2.24, 2.45) is 5.10 Å². The van der Waals surface area contributed by atoms with Crippen LogP contribution in [0.5, 0.6) is 0 Å². The summed E-state index contributed by atoms with van der Waals surface area (Å²) in [5, 5.41) is 18.8. The molecule has 1 amide bonds. The van der Waals surface area contributed by atoms with Crippen LogP contribution in [-0.4, -0.2) is 37.4 Å². The van der Waals surface area contributed by atoms with Crippen LogP contribution in [0.4, 0.5) is 14.6 Å². The molecule has 10 nitrogen and oxygen atoms in total. The van der Waals surface area contributed by atoms with Crippen molar-refractivity contribution in [3.63, 3.8) is 0 Å². The maximum Gasteiger partial charge on any atom is 0.293 e. The van der Waals surface area contributed by atoms with Crippen molar-refractivity contribution in [2.45, 2.75) is 17.6 Å². The molecule has 0 aliphatic rings. The summed E-state index contributed by atoms with van der Waals surface area (Å²) in [6.07, 6.45) is 0.987. The number of rotatable bonds is 7. The fourth-order valence-corrected chi connectivity index (χ4v) is 3.62. The van der Waals surface area contributed by atoms with Crippen molar-refractivity contribution in [2.75, 3.05) is 5.73 Å². The zero-order valence-corrected chi connectivity index (χ0v) is 17.9. The van der Waals surface area contributed by atoms with Crippen LogP contribution in [0, 0.1) is 18.6 Å². The maximum atomic E-state index is 13.7. The van der Waals surface area contributed by atoms with Crippen LogP contribution >= 0.6 is 11.8 Å². The van der Waals surface area contributed by atoms with Gasteiger partial charge in [-0.1, -0.05) is 22.9 Å². The van der Waals surface area contributed by atoms with Gasteiger partial charge in [0.05, 0.1) is 11.9 Å². The van der Waals surface area contributed by atoms with Gasteiger partial charge in [0.15, 0.2) is 5.69 Å². The second-order valence-electron chi connectivity index (χ2n) is 6.74. The molecule has 0 spiro atoms. The average Bonchev–Trinajstić information content (AvgIpc) is 3.41. The molecule has 0 saturated heterocycles. The van der Waals surface area contributed by atoms with Gasteiger partial charge >= 0.3 is 0 Å². The summed E-state index contributed by atoms with van der Waals surface area (Å²) in [6.45, 7) is 1.98. The Hall–Kier alpha value is -4.13. The number of nitrogens with zero attached hydrogens (tertiary/aromatic N) is 6. The van der Waals surface area contributed by atoms with Crippen molar-refractivity contribution in [3.8, 4) is 5.82 Å². The number of hydrogen-bond acceptors (Lipinski definition) is 9. The van der Waals surface area contributed by atoms with Crippen LogP contribution in [0.15, 0.2) is 57.1 Å². The van der Waals surface area contributed by atoms with Crippen LogP contribution < -0.4 is 11.2 Å². The van der Waals surface area contributed by atoms with E-state index in [4.69, 9.17) is 5.73 Å². The number of anilines is 1. The summed E-state index contributed by atoms with van der Waals surface area (Å²) in [5.41, 5.74) is 9.28. The second kappa shape index (κ2) is 9.56. The van der Waals surface area contributed by atoms with E-state index in [0.29, 0.717) is 5.69 Å². The zero-order chi connectivity index (χ0) is 23.4. The minimum Gasteiger partial charge on any atom is -0.378 e. The van der Waals surface area contributed by atoms with Gasteiger partial charge in [-0.3, -0.25) is 4.79 Å². The van der Waals surface area contributed by atoms with Crippen LogP contribution in [0.3, 0.4) is 0 Å². The van der Waals surface area contributed by atoms with Crippen molar-refractivity contribution in [3.05, 3.63) is 76.6 Å². The lowest BCUT2D eigenvalue weighted by Crippen LogP contribution is -2.20. The number of carbonyl (C=O) groups excluding carboxylic acids is 1. The molecule has 4 rings (SSSR count). The van der Waals surface area contributed by atoms with E-state index in [1.165, 1.54) is 16.4 Å². The molecule has 0 saturated carbocycles. The Kier molecular flexibility index (Phi) is 6.40. The first-order chi connectivity index (χ1) is 15.9. The quantitative estimate of drug-likeness (QED) is 0.239. The van der Waals surface area contributed by atoms with Gasteiger partial charge in [-0.25, -0.2) is 18.8 Å².